The van der Waals surface area contributed by atoms with Gasteiger partial charge in [-0.15, -0.1) is 0 Å². The van der Waals surface area contributed by atoms with Crippen molar-refractivity contribution in [3.05, 3.63) is 29.6 Å². The van der Waals surface area contributed by atoms with Gasteiger partial charge in [0.2, 0.25) is 0 Å². The average molecular weight is 388 g/mol. The molecule has 6 nitrogen and oxygen atoms in total. The van der Waals surface area contributed by atoms with Crippen LogP contribution in [0, 0.1) is 17.5 Å². The number of carbonyl (C=O) groups is 2. The highest BCUT2D eigenvalue weighted by Gasteiger charge is 2.32. The number of benzene rings is 1. The van der Waals surface area contributed by atoms with Crippen LogP contribution in [0.1, 0.15) is 20.3 Å². The fraction of sp³-hybridized carbons (Fsp3) is 0.556. The lowest BCUT2D eigenvalue weighted by molar-refractivity contribution is -1.01. The molecule has 0 spiro atoms. The molecule has 27 heavy (non-hydrogen) atoms. The van der Waals surface area contributed by atoms with Crippen molar-refractivity contribution < 1.29 is 32.6 Å². The third kappa shape index (κ3) is 5.67. The molecule has 1 aliphatic rings. The molecule has 0 radical (unpaired) electrons. The van der Waals surface area contributed by atoms with E-state index in [0.29, 0.717) is 26.2 Å². The molecule has 0 aromatic heterocycles. The van der Waals surface area contributed by atoms with Crippen LogP contribution in [0.5, 0.6) is 0 Å². The van der Waals surface area contributed by atoms with E-state index in [1.807, 2.05) is 6.92 Å². The smallest absolute Gasteiger partial charge is 0.282 e. The maximum Gasteiger partial charge on any atom is 0.282 e. The van der Waals surface area contributed by atoms with Crippen LogP contribution in [0.4, 0.5) is 18.9 Å². The summed E-state index contributed by atoms with van der Waals surface area (Å²) in [6, 6.07) is 1.30. The highest BCUT2D eigenvalue weighted by Crippen LogP contribution is 2.19. The second-order valence-corrected chi connectivity index (χ2v) is 6.87. The minimum Gasteiger partial charge on any atom is -0.351 e. The Labute approximate surface area is 156 Å². The first-order valence-electron chi connectivity index (χ1n) is 9.22. The molecule has 4 N–H and O–H groups in total. The van der Waals surface area contributed by atoms with Gasteiger partial charge >= 0.3 is 0 Å². The Kier molecular flexibility index (Phi) is 7.61. The molecule has 2 rings (SSSR count). The van der Waals surface area contributed by atoms with E-state index in [1.54, 1.807) is 6.92 Å². The number of hydrogen-bond acceptors (Lipinski definition) is 2. The van der Waals surface area contributed by atoms with Gasteiger partial charge in [-0.2, -0.15) is 0 Å². The van der Waals surface area contributed by atoms with Crippen molar-refractivity contribution >= 4 is 17.5 Å². The van der Waals surface area contributed by atoms with Gasteiger partial charge in [-0.05, 0) is 25.5 Å². The molecule has 0 saturated carbocycles. The monoisotopic (exact) mass is 388 g/mol. The molecular formula is C18H27F3N4O2+2. The molecule has 9 heteroatoms. The number of piperazine rings is 1. The summed E-state index contributed by atoms with van der Waals surface area (Å²) in [5.74, 6) is -4.75. The summed E-state index contributed by atoms with van der Waals surface area (Å²) in [4.78, 5) is 26.3. The van der Waals surface area contributed by atoms with Gasteiger partial charge in [-0.3, -0.25) is 9.59 Å². The number of hydrogen-bond donors (Lipinski definition) is 4. The highest BCUT2D eigenvalue weighted by atomic mass is 19.2. The molecule has 1 heterocycles. The fourth-order valence-corrected chi connectivity index (χ4v) is 3.14. The number of halogens is 3. The van der Waals surface area contributed by atoms with E-state index in [4.69, 9.17) is 0 Å². The minimum atomic E-state index is -1.61. The predicted molar refractivity (Wildman–Crippen MR) is 94.0 cm³/mol. The van der Waals surface area contributed by atoms with Gasteiger partial charge in [-0.25, -0.2) is 13.2 Å². The van der Waals surface area contributed by atoms with E-state index in [0.717, 1.165) is 41.4 Å². The topological polar surface area (TPSA) is 67.1 Å². The van der Waals surface area contributed by atoms with E-state index >= 15 is 0 Å². The first-order valence-corrected chi connectivity index (χ1v) is 9.22. The summed E-state index contributed by atoms with van der Waals surface area (Å²) < 4.78 is 40.0. The number of nitrogens with one attached hydrogen (secondary N) is 4. The van der Waals surface area contributed by atoms with Gasteiger partial charge < -0.3 is 20.4 Å². The van der Waals surface area contributed by atoms with Crippen LogP contribution < -0.4 is 20.4 Å². The summed E-state index contributed by atoms with van der Waals surface area (Å²) in [7, 11) is 0. The number of quaternary nitrogens is 2. The van der Waals surface area contributed by atoms with Crippen LogP contribution in [0.15, 0.2) is 12.1 Å². The molecule has 150 valence electrons. The van der Waals surface area contributed by atoms with Gasteiger partial charge in [0.05, 0.1) is 5.69 Å². The first-order chi connectivity index (χ1) is 12.8. The van der Waals surface area contributed by atoms with E-state index in [2.05, 4.69) is 10.6 Å². The standard InChI is InChI=1S/C18H25F3N4O2/c1-3-6-22-15(26)11-24-7-9-25(10-8-24)12(2)18(27)23-14-5-4-13(19)16(20)17(14)21/h4-5,12H,3,6-11H2,1-2H3,(H,22,26)(H,23,27)/p+2/t12-/m1/s1. The Bertz CT molecular complexity index is 679. The van der Waals surface area contributed by atoms with Gasteiger partial charge in [0.15, 0.2) is 30.0 Å². The molecule has 0 unspecified atom stereocenters. The molecule has 1 aromatic carbocycles. The molecule has 1 fully saturated rings. The van der Waals surface area contributed by atoms with Crippen LogP contribution in [-0.2, 0) is 9.59 Å². The predicted octanol–water partition coefficient (Wildman–Crippen LogP) is -1.26. The zero-order valence-corrected chi connectivity index (χ0v) is 15.6. The summed E-state index contributed by atoms with van der Waals surface area (Å²) in [6.45, 7) is 7.64. The van der Waals surface area contributed by atoms with Crippen LogP contribution in [0.25, 0.3) is 0 Å². The fourth-order valence-electron chi connectivity index (χ4n) is 3.14. The largest absolute Gasteiger partial charge is 0.351 e. The molecule has 1 atom stereocenters. The summed E-state index contributed by atoms with van der Waals surface area (Å²) in [5, 5.41) is 5.18. The maximum atomic E-state index is 13.7. The van der Waals surface area contributed by atoms with Crippen LogP contribution in [-0.4, -0.2) is 57.1 Å². The number of rotatable bonds is 7. The number of amides is 2. The molecule has 0 aliphatic carbocycles. The summed E-state index contributed by atoms with van der Waals surface area (Å²) in [6.07, 6.45) is 0.893. The second-order valence-electron chi connectivity index (χ2n) is 6.87. The Morgan fingerprint density at radius 2 is 1.78 bits per heavy atom. The molecule has 1 saturated heterocycles. The van der Waals surface area contributed by atoms with Gasteiger partial charge in [-0.1, -0.05) is 6.92 Å². The zero-order valence-electron chi connectivity index (χ0n) is 15.6. The summed E-state index contributed by atoms with van der Waals surface area (Å²) >= 11 is 0. The first kappa shape index (κ1) is 21.2. The Balaban J connectivity index is 1.84. The van der Waals surface area contributed by atoms with E-state index < -0.39 is 29.4 Å². The van der Waals surface area contributed by atoms with Crippen molar-refractivity contribution in [2.75, 3.05) is 44.6 Å². The van der Waals surface area contributed by atoms with Crippen molar-refractivity contribution in [2.45, 2.75) is 26.3 Å². The lowest BCUT2D eigenvalue weighted by Gasteiger charge is -2.32. The normalized spacial score (nSPS) is 20.8. The second kappa shape index (κ2) is 9.70. The Morgan fingerprint density at radius 3 is 2.41 bits per heavy atom. The van der Waals surface area contributed by atoms with Crippen LogP contribution in [0.2, 0.25) is 0 Å². The van der Waals surface area contributed by atoms with Crippen molar-refractivity contribution in [2.24, 2.45) is 0 Å². The van der Waals surface area contributed by atoms with Gasteiger partial charge in [0.1, 0.15) is 26.2 Å². The zero-order chi connectivity index (χ0) is 20.0. The molecule has 1 aromatic rings. The maximum absolute atomic E-state index is 13.7. The lowest BCUT2D eigenvalue weighted by atomic mass is 10.2. The van der Waals surface area contributed by atoms with Crippen molar-refractivity contribution in [1.29, 1.82) is 0 Å². The summed E-state index contributed by atoms with van der Waals surface area (Å²) in [5.41, 5.74) is -0.373. The van der Waals surface area contributed by atoms with Crippen molar-refractivity contribution in [1.82, 2.24) is 5.32 Å². The quantitative estimate of drug-likeness (QED) is 0.441. The lowest BCUT2D eigenvalue weighted by Crippen LogP contribution is -3.30. The molecular weight excluding hydrogens is 361 g/mol. The van der Waals surface area contributed by atoms with E-state index in [9.17, 15) is 22.8 Å². The molecule has 2 amide bonds. The minimum absolute atomic E-state index is 0.0231. The third-order valence-corrected chi connectivity index (χ3v) is 4.88. The van der Waals surface area contributed by atoms with Gasteiger partial charge in [0, 0.05) is 6.54 Å². The molecule has 0 bridgehead atoms. The van der Waals surface area contributed by atoms with E-state index in [1.165, 1.54) is 0 Å². The Morgan fingerprint density at radius 1 is 1.11 bits per heavy atom. The number of carbonyl (C=O) groups excluding carboxylic acids is 2. The highest BCUT2D eigenvalue weighted by molar-refractivity contribution is 5.93. The van der Waals surface area contributed by atoms with Gasteiger partial charge in [0.25, 0.3) is 11.8 Å². The number of anilines is 1. The average Bonchev–Trinajstić information content (AvgIpc) is 2.66. The van der Waals surface area contributed by atoms with Crippen LogP contribution >= 0.6 is 0 Å². The van der Waals surface area contributed by atoms with Crippen LogP contribution in [0.3, 0.4) is 0 Å². The third-order valence-electron chi connectivity index (χ3n) is 4.88. The van der Waals surface area contributed by atoms with E-state index in [-0.39, 0.29) is 11.6 Å². The molecule has 1 aliphatic heterocycles. The Hall–Kier alpha value is -2.13. The SMILES string of the molecule is CCCNC(=O)C[NH+]1CC[NH+]([C@H](C)C(=O)Nc2ccc(F)c(F)c2F)CC1. The van der Waals surface area contributed by atoms with Crippen molar-refractivity contribution in [3.63, 3.8) is 0 Å². The van der Waals surface area contributed by atoms with Crippen molar-refractivity contribution in [3.8, 4) is 0 Å².